The Morgan fingerprint density at radius 2 is 1.63 bits per heavy atom. The topological polar surface area (TPSA) is 31.9 Å². The van der Waals surface area contributed by atoms with E-state index in [1.807, 2.05) is 21.3 Å². The third-order valence-electron chi connectivity index (χ3n) is 5.96. The molecule has 1 aliphatic rings. The number of imidazole rings is 1. The molecule has 2 heterocycles. The van der Waals surface area contributed by atoms with Crippen LogP contribution in [0.4, 0.5) is 0 Å². The van der Waals surface area contributed by atoms with Crippen LogP contribution in [-0.2, 0) is 13.6 Å². The van der Waals surface area contributed by atoms with Crippen LogP contribution in [0.15, 0.2) is 53.5 Å². The summed E-state index contributed by atoms with van der Waals surface area (Å²) >= 11 is 0. The Morgan fingerprint density at radius 3 is 2.41 bits per heavy atom. The lowest BCUT2D eigenvalue weighted by atomic mass is 10.1. The van der Waals surface area contributed by atoms with Crippen LogP contribution < -0.4 is 5.69 Å². The Balaban J connectivity index is 1.71. The van der Waals surface area contributed by atoms with Crippen molar-refractivity contribution >= 4 is 21.9 Å². The van der Waals surface area contributed by atoms with Crippen LogP contribution in [0.3, 0.4) is 0 Å². The molecule has 0 spiro atoms. The number of benzene rings is 2. The zero-order valence-electron chi connectivity index (χ0n) is 15.9. The molecule has 27 heavy (non-hydrogen) atoms. The molecule has 1 saturated carbocycles. The summed E-state index contributed by atoms with van der Waals surface area (Å²) in [7, 11) is 2.08. The molecule has 0 N–H and O–H groups in total. The summed E-state index contributed by atoms with van der Waals surface area (Å²) in [6.45, 7) is 2.74. The van der Waals surface area contributed by atoms with Crippen LogP contribution in [0.5, 0.6) is 0 Å². The lowest BCUT2D eigenvalue weighted by Crippen LogP contribution is -2.27. The first-order valence-electron chi connectivity index (χ1n) is 9.74. The first-order valence-corrected chi connectivity index (χ1v) is 9.74. The fourth-order valence-electron chi connectivity index (χ4n) is 4.70. The van der Waals surface area contributed by atoms with Gasteiger partial charge in [-0.1, -0.05) is 37.1 Å². The minimum atomic E-state index is 0.0960. The normalized spacial score (nSPS) is 15.3. The summed E-state index contributed by atoms with van der Waals surface area (Å²) in [4.78, 5) is 13.4. The van der Waals surface area contributed by atoms with Gasteiger partial charge in [-0.15, -0.1) is 0 Å². The predicted molar refractivity (Wildman–Crippen MR) is 110 cm³/mol. The quantitative estimate of drug-likeness (QED) is 0.526. The second kappa shape index (κ2) is 6.15. The van der Waals surface area contributed by atoms with Crippen molar-refractivity contribution in [3.63, 3.8) is 0 Å². The molecule has 0 atom stereocenters. The van der Waals surface area contributed by atoms with Crippen LogP contribution in [-0.4, -0.2) is 13.7 Å². The summed E-state index contributed by atoms with van der Waals surface area (Å²) in [6.07, 6.45) is 6.59. The third kappa shape index (κ3) is 2.47. The van der Waals surface area contributed by atoms with Crippen molar-refractivity contribution in [3.8, 4) is 0 Å². The third-order valence-corrected chi connectivity index (χ3v) is 5.96. The van der Waals surface area contributed by atoms with Crippen LogP contribution in [0, 0.1) is 13.0 Å². The predicted octanol–water partition coefficient (Wildman–Crippen LogP) is 4.61. The fraction of sp³-hybridized carbons (Fsp3) is 0.304. The lowest BCUT2D eigenvalue weighted by Gasteiger charge is -2.09. The van der Waals surface area contributed by atoms with Crippen molar-refractivity contribution in [2.75, 3.05) is 0 Å². The lowest BCUT2D eigenvalue weighted by molar-refractivity contribution is 0.675. The van der Waals surface area contributed by atoms with E-state index in [1.165, 1.54) is 40.9 Å². The molecular formula is C23H24N3O. The van der Waals surface area contributed by atoms with Crippen LogP contribution in [0.1, 0.15) is 36.8 Å². The van der Waals surface area contributed by atoms with E-state index in [2.05, 4.69) is 55.1 Å². The number of hydrogen-bond acceptors (Lipinski definition) is 1. The molecule has 137 valence electrons. The highest BCUT2D eigenvalue weighted by Gasteiger charge is 2.24. The van der Waals surface area contributed by atoms with Gasteiger partial charge in [0.15, 0.2) is 0 Å². The minimum absolute atomic E-state index is 0.0960. The van der Waals surface area contributed by atoms with E-state index in [-0.39, 0.29) is 5.69 Å². The van der Waals surface area contributed by atoms with Crippen molar-refractivity contribution in [1.82, 2.24) is 13.7 Å². The number of para-hydroxylation sites is 2. The molecule has 5 rings (SSSR count). The van der Waals surface area contributed by atoms with Gasteiger partial charge in [-0.3, -0.25) is 9.13 Å². The summed E-state index contributed by atoms with van der Waals surface area (Å²) in [6, 6.07) is 15.8. The highest BCUT2D eigenvalue weighted by atomic mass is 16.1. The van der Waals surface area contributed by atoms with E-state index in [4.69, 9.17) is 0 Å². The molecular weight excluding hydrogens is 334 g/mol. The Hall–Kier alpha value is -2.75. The van der Waals surface area contributed by atoms with Gasteiger partial charge in [0.25, 0.3) is 0 Å². The van der Waals surface area contributed by atoms with Crippen LogP contribution in [0.2, 0.25) is 0 Å². The first kappa shape index (κ1) is 16.4. The number of hydrogen-bond donors (Lipinski definition) is 0. The Morgan fingerprint density at radius 1 is 0.926 bits per heavy atom. The van der Waals surface area contributed by atoms with Crippen LogP contribution in [0.25, 0.3) is 21.9 Å². The zero-order chi connectivity index (χ0) is 18.5. The number of aromatic nitrogens is 3. The van der Waals surface area contributed by atoms with Gasteiger partial charge in [0.05, 0.1) is 23.6 Å². The van der Waals surface area contributed by atoms with Crippen molar-refractivity contribution in [3.05, 3.63) is 76.3 Å². The Kier molecular flexibility index (Phi) is 3.74. The summed E-state index contributed by atoms with van der Waals surface area (Å²) < 4.78 is 6.08. The van der Waals surface area contributed by atoms with Gasteiger partial charge in [-0.05, 0) is 49.1 Å². The number of rotatable bonds is 3. The molecule has 1 fully saturated rings. The highest BCUT2D eigenvalue weighted by Crippen LogP contribution is 2.31. The van der Waals surface area contributed by atoms with Crippen molar-refractivity contribution in [2.45, 2.75) is 39.2 Å². The SMILES string of the molecule is Cc1cccc2c1c(Cn1c(=O)n([C]3CCCC3)c3ccccc31)cn2C. The maximum absolute atomic E-state index is 13.4. The first-order chi connectivity index (χ1) is 13.1. The monoisotopic (exact) mass is 358 g/mol. The van der Waals surface area contributed by atoms with Gasteiger partial charge < -0.3 is 4.57 Å². The highest BCUT2D eigenvalue weighted by molar-refractivity contribution is 5.87. The van der Waals surface area contributed by atoms with Gasteiger partial charge in [-0.25, -0.2) is 4.79 Å². The molecule has 0 bridgehead atoms. The summed E-state index contributed by atoms with van der Waals surface area (Å²) in [5, 5.41) is 1.26. The summed E-state index contributed by atoms with van der Waals surface area (Å²) in [5.41, 5.74) is 5.83. The number of nitrogens with zero attached hydrogens (tertiary/aromatic N) is 3. The largest absolute Gasteiger partial charge is 0.350 e. The molecule has 1 aliphatic carbocycles. The van der Waals surface area contributed by atoms with E-state index in [0.717, 1.165) is 23.9 Å². The molecule has 4 nitrogen and oxygen atoms in total. The van der Waals surface area contributed by atoms with Gasteiger partial charge in [0, 0.05) is 24.1 Å². The maximum Gasteiger partial charge on any atom is 0.330 e. The second-order valence-electron chi connectivity index (χ2n) is 7.70. The van der Waals surface area contributed by atoms with E-state index in [1.54, 1.807) is 0 Å². The smallest absolute Gasteiger partial charge is 0.330 e. The molecule has 0 aliphatic heterocycles. The minimum Gasteiger partial charge on any atom is -0.350 e. The molecule has 0 unspecified atom stereocenters. The average molecular weight is 358 g/mol. The standard InChI is InChI=1S/C23H24N3O/c1-16-8-7-13-21-22(16)17(14-24(21)2)15-25-19-11-5-6-12-20(19)26(23(25)27)18-9-3-4-10-18/h5-8,11-14H,3-4,9-10,15H2,1-2H3. The number of fused-ring (bicyclic) bond motifs is 2. The Bertz CT molecular complexity index is 1200. The number of aryl methyl sites for hydroxylation is 2. The maximum atomic E-state index is 13.4. The van der Waals surface area contributed by atoms with E-state index < -0.39 is 0 Å². The van der Waals surface area contributed by atoms with Crippen LogP contribution >= 0.6 is 0 Å². The van der Waals surface area contributed by atoms with Crippen molar-refractivity contribution in [1.29, 1.82) is 0 Å². The molecule has 1 radical (unpaired) electrons. The second-order valence-corrected chi connectivity index (χ2v) is 7.70. The van der Waals surface area contributed by atoms with Gasteiger partial charge in [-0.2, -0.15) is 0 Å². The van der Waals surface area contributed by atoms with Gasteiger partial charge >= 0.3 is 5.69 Å². The summed E-state index contributed by atoms with van der Waals surface area (Å²) in [5.74, 6) is 0. The Labute approximate surface area is 158 Å². The average Bonchev–Trinajstić information content (AvgIpc) is 3.35. The zero-order valence-corrected chi connectivity index (χ0v) is 15.9. The molecule has 4 heteroatoms. The van der Waals surface area contributed by atoms with Gasteiger partial charge in [0.2, 0.25) is 0 Å². The van der Waals surface area contributed by atoms with Crippen molar-refractivity contribution in [2.24, 2.45) is 7.05 Å². The molecule has 4 aromatic rings. The molecule has 0 saturated heterocycles. The molecule has 2 aromatic heterocycles. The fourth-order valence-corrected chi connectivity index (χ4v) is 4.70. The van der Waals surface area contributed by atoms with E-state index in [0.29, 0.717) is 6.54 Å². The van der Waals surface area contributed by atoms with E-state index in [9.17, 15) is 4.79 Å². The van der Waals surface area contributed by atoms with Gasteiger partial charge in [0.1, 0.15) is 0 Å². The van der Waals surface area contributed by atoms with Crippen molar-refractivity contribution < 1.29 is 0 Å². The molecule has 0 amide bonds. The van der Waals surface area contributed by atoms with E-state index >= 15 is 0 Å². The molecule has 2 aromatic carbocycles.